The second-order valence-electron chi connectivity index (χ2n) is 11.5. The van der Waals surface area contributed by atoms with Gasteiger partial charge in [0.1, 0.15) is 23.3 Å². The molecule has 10 nitrogen and oxygen atoms in total. The number of hydrogen-bond acceptors (Lipinski definition) is 7. The molecular weight excluding hydrogens is 474 g/mol. The van der Waals surface area contributed by atoms with E-state index in [-0.39, 0.29) is 30.0 Å². The third kappa shape index (κ3) is 6.27. The number of nitrogens with zero attached hydrogens (tertiary/aromatic N) is 3. The summed E-state index contributed by atoms with van der Waals surface area (Å²) in [6.07, 6.45) is 7.68. The molecule has 2 aliphatic rings. The fourth-order valence-corrected chi connectivity index (χ4v) is 5.33. The van der Waals surface area contributed by atoms with Gasteiger partial charge in [-0.3, -0.25) is 19.4 Å². The standard InChI is InChI=1S/C27H41N5O5/c1-7-37-24(35)20-18(3)17(2)16-32(20)23(34)21(26(4,5)6)30-25(36)27(11-9-8-10-12-27)31-22(33)19-15-28-13-14-29-19/h13-15,17-18,20-21H,7-12,16H2,1-6H3,(H,30,36)(H,31,33)/t17-,18-,20-,21+/m0/s1. The van der Waals surface area contributed by atoms with Crippen molar-refractivity contribution in [3.8, 4) is 0 Å². The van der Waals surface area contributed by atoms with E-state index >= 15 is 0 Å². The molecule has 2 fully saturated rings. The third-order valence-corrected chi connectivity index (χ3v) is 7.71. The number of likely N-dealkylation sites (tertiary alicyclic amines) is 1. The van der Waals surface area contributed by atoms with E-state index in [0.29, 0.717) is 19.4 Å². The van der Waals surface area contributed by atoms with Gasteiger partial charge in [0.15, 0.2) is 0 Å². The van der Waals surface area contributed by atoms with Crippen LogP contribution in [0, 0.1) is 17.3 Å². The minimum atomic E-state index is -1.16. The summed E-state index contributed by atoms with van der Waals surface area (Å²) in [4.78, 5) is 63.2. The second kappa shape index (κ2) is 11.6. The first-order valence-electron chi connectivity index (χ1n) is 13.3. The minimum absolute atomic E-state index is 0.0738. The van der Waals surface area contributed by atoms with Crippen LogP contribution in [0.5, 0.6) is 0 Å². The molecule has 2 heterocycles. The molecule has 0 aromatic carbocycles. The number of rotatable bonds is 7. The van der Waals surface area contributed by atoms with E-state index in [2.05, 4.69) is 20.6 Å². The van der Waals surface area contributed by atoms with Gasteiger partial charge in [0, 0.05) is 18.9 Å². The van der Waals surface area contributed by atoms with Crippen LogP contribution in [-0.4, -0.2) is 69.3 Å². The van der Waals surface area contributed by atoms with Crippen molar-refractivity contribution >= 4 is 23.7 Å². The Morgan fingerprint density at radius 2 is 1.81 bits per heavy atom. The monoisotopic (exact) mass is 515 g/mol. The lowest BCUT2D eigenvalue weighted by Gasteiger charge is -2.41. The Morgan fingerprint density at radius 3 is 2.38 bits per heavy atom. The zero-order chi connectivity index (χ0) is 27.4. The topological polar surface area (TPSA) is 131 Å². The molecule has 1 saturated carbocycles. The van der Waals surface area contributed by atoms with Crippen molar-refractivity contribution in [3.63, 3.8) is 0 Å². The van der Waals surface area contributed by atoms with Crippen LogP contribution in [-0.2, 0) is 19.1 Å². The largest absolute Gasteiger partial charge is 0.464 e. The van der Waals surface area contributed by atoms with Gasteiger partial charge in [-0.15, -0.1) is 0 Å². The zero-order valence-corrected chi connectivity index (χ0v) is 22.9. The van der Waals surface area contributed by atoms with Crippen LogP contribution in [0.1, 0.15) is 84.1 Å². The van der Waals surface area contributed by atoms with E-state index in [4.69, 9.17) is 4.74 Å². The highest BCUT2D eigenvalue weighted by molar-refractivity contribution is 5.99. The van der Waals surface area contributed by atoms with Gasteiger partial charge >= 0.3 is 5.97 Å². The molecule has 204 valence electrons. The molecule has 3 amide bonds. The molecule has 10 heteroatoms. The quantitative estimate of drug-likeness (QED) is 0.534. The molecular formula is C27H41N5O5. The van der Waals surface area contributed by atoms with E-state index in [1.807, 2.05) is 34.6 Å². The van der Waals surface area contributed by atoms with Crippen molar-refractivity contribution in [2.75, 3.05) is 13.2 Å². The normalized spacial score (nSPS) is 24.2. The third-order valence-electron chi connectivity index (χ3n) is 7.71. The Balaban J connectivity index is 1.87. The van der Waals surface area contributed by atoms with Crippen LogP contribution in [0.15, 0.2) is 18.6 Å². The summed E-state index contributed by atoms with van der Waals surface area (Å²) < 4.78 is 5.29. The fourth-order valence-electron chi connectivity index (χ4n) is 5.33. The lowest BCUT2D eigenvalue weighted by atomic mass is 9.79. The number of aromatic nitrogens is 2. The highest BCUT2D eigenvalue weighted by Crippen LogP contribution is 2.34. The lowest BCUT2D eigenvalue weighted by molar-refractivity contribution is -0.156. The Bertz CT molecular complexity index is 987. The lowest BCUT2D eigenvalue weighted by Crippen LogP contribution is -2.65. The first-order chi connectivity index (χ1) is 17.4. The molecule has 2 N–H and O–H groups in total. The average Bonchev–Trinajstić information content (AvgIpc) is 3.16. The van der Waals surface area contributed by atoms with Crippen molar-refractivity contribution < 1.29 is 23.9 Å². The Labute approximate surface area is 219 Å². The molecule has 0 unspecified atom stereocenters. The molecule has 1 aromatic rings. The van der Waals surface area contributed by atoms with Crippen molar-refractivity contribution in [2.45, 2.75) is 91.3 Å². The van der Waals surface area contributed by atoms with Gasteiger partial charge in [0.25, 0.3) is 5.91 Å². The summed E-state index contributed by atoms with van der Waals surface area (Å²) in [6.45, 7) is 12.0. The van der Waals surface area contributed by atoms with Gasteiger partial charge in [0.2, 0.25) is 11.8 Å². The molecule has 1 aliphatic carbocycles. The molecule has 0 spiro atoms. The number of amides is 3. The Kier molecular flexibility index (Phi) is 8.92. The van der Waals surface area contributed by atoms with E-state index < -0.39 is 40.8 Å². The summed E-state index contributed by atoms with van der Waals surface area (Å²) in [7, 11) is 0. The number of hydrogen-bond donors (Lipinski definition) is 2. The van der Waals surface area contributed by atoms with E-state index in [0.717, 1.165) is 19.3 Å². The predicted molar refractivity (Wildman–Crippen MR) is 137 cm³/mol. The van der Waals surface area contributed by atoms with Gasteiger partial charge in [-0.1, -0.05) is 53.9 Å². The van der Waals surface area contributed by atoms with Gasteiger partial charge in [-0.25, -0.2) is 9.78 Å². The molecule has 1 saturated heterocycles. The van der Waals surface area contributed by atoms with Crippen LogP contribution >= 0.6 is 0 Å². The fraction of sp³-hybridized carbons (Fsp3) is 0.704. The molecule has 1 aliphatic heterocycles. The zero-order valence-electron chi connectivity index (χ0n) is 22.9. The summed E-state index contributed by atoms with van der Waals surface area (Å²) in [5, 5.41) is 5.91. The number of carbonyl (C=O) groups is 4. The molecule has 1 aromatic heterocycles. The van der Waals surface area contributed by atoms with Gasteiger partial charge < -0.3 is 20.3 Å². The van der Waals surface area contributed by atoms with Crippen molar-refractivity contribution in [1.82, 2.24) is 25.5 Å². The van der Waals surface area contributed by atoms with Crippen molar-refractivity contribution in [1.29, 1.82) is 0 Å². The average molecular weight is 516 g/mol. The van der Waals surface area contributed by atoms with Crippen molar-refractivity contribution in [3.05, 3.63) is 24.3 Å². The summed E-state index contributed by atoms with van der Waals surface area (Å²) in [5.74, 6) is -1.59. The number of esters is 1. The first kappa shape index (κ1) is 28.5. The maximum atomic E-state index is 14.0. The van der Waals surface area contributed by atoms with Crippen molar-refractivity contribution in [2.24, 2.45) is 17.3 Å². The second-order valence-corrected chi connectivity index (χ2v) is 11.5. The van der Waals surface area contributed by atoms with Crippen LogP contribution < -0.4 is 10.6 Å². The van der Waals surface area contributed by atoms with E-state index in [9.17, 15) is 19.2 Å². The Hall–Kier alpha value is -3.04. The number of carbonyl (C=O) groups excluding carboxylic acids is 4. The summed E-state index contributed by atoms with van der Waals surface area (Å²) in [6, 6.07) is -1.61. The predicted octanol–water partition coefficient (Wildman–Crippen LogP) is 2.49. The number of nitrogens with one attached hydrogen (secondary N) is 2. The van der Waals surface area contributed by atoms with Gasteiger partial charge in [-0.05, 0) is 37.0 Å². The van der Waals surface area contributed by atoms with Crippen LogP contribution in [0.25, 0.3) is 0 Å². The van der Waals surface area contributed by atoms with E-state index in [1.165, 1.54) is 18.6 Å². The smallest absolute Gasteiger partial charge is 0.329 e. The van der Waals surface area contributed by atoms with Crippen LogP contribution in [0.4, 0.5) is 0 Å². The minimum Gasteiger partial charge on any atom is -0.464 e. The van der Waals surface area contributed by atoms with E-state index in [1.54, 1.807) is 11.8 Å². The van der Waals surface area contributed by atoms with Gasteiger partial charge in [-0.2, -0.15) is 0 Å². The first-order valence-corrected chi connectivity index (χ1v) is 13.3. The highest BCUT2D eigenvalue weighted by Gasteiger charge is 2.50. The highest BCUT2D eigenvalue weighted by atomic mass is 16.5. The molecule has 37 heavy (non-hydrogen) atoms. The molecule has 0 bridgehead atoms. The molecule has 3 rings (SSSR count). The van der Waals surface area contributed by atoms with Crippen LogP contribution in [0.3, 0.4) is 0 Å². The maximum Gasteiger partial charge on any atom is 0.329 e. The van der Waals surface area contributed by atoms with Crippen LogP contribution in [0.2, 0.25) is 0 Å². The molecule has 4 atom stereocenters. The summed E-state index contributed by atoms with van der Waals surface area (Å²) >= 11 is 0. The maximum absolute atomic E-state index is 14.0. The summed E-state index contributed by atoms with van der Waals surface area (Å²) in [5.41, 5.74) is -1.69. The Morgan fingerprint density at radius 1 is 1.14 bits per heavy atom. The SMILES string of the molecule is CCOC(=O)[C@@H]1[C@@H](C)[C@@H](C)CN1C(=O)[C@@H](NC(=O)C1(NC(=O)c2cnccn2)CCCCC1)C(C)(C)C. The molecule has 0 radical (unpaired) electrons. The number of ether oxygens (including phenoxy) is 1. The van der Waals surface area contributed by atoms with Gasteiger partial charge in [0.05, 0.1) is 12.8 Å².